The Morgan fingerprint density at radius 3 is 2.82 bits per heavy atom. The fraction of sp³-hybridized carbons (Fsp3) is 0.167. The Labute approximate surface area is 103 Å². The van der Waals surface area contributed by atoms with Crippen molar-refractivity contribution in [2.75, 3.05) is 7.11 Å². The quantitative estimate of drug-likeness (QED) is 0.908. The molecule has 0 aliphatic heterocycles. The van der Waals surface area contributed by atoms with Crippen LogP contribution in [0.5, 0.6) is 5.75 Å². The lowest BCUT2D eigenvalue weighted by molar-refractivity contribution is 0.0693. The maximum Gasteiger partial charge on any atom is 0.339 e. The molecule has 2 rings (SSSR count). The van der Waals surface area contributed by atoms with E-state index < -0.39 is 5.97 Å². The van der Waals surface area contributed by atoms with Gasteiger partial charge >= 0.3 is 5.97 Å². The molecule has 0 saturated heterocycles. The normalized spacial score (nSPS) is 10.2. The van der Waals surface area contributed by atoms with Crippen molar-refractivity contribution in [2.24, 2.45) is 0 Å². The van der Waals surface area contributed by atoms with E-state index in [1.807, 2.05) is 18.4 Å². The molecule has 0 aromatic carbocycles. The largest absolute Gasteiger partial charge is 0.494 e. The number of methoxy groups -OCH3 is 1. The summed E-state index contributed by atoms with van der Waals surface area (Å²) in [6.07, 6.45) is 1.44. The summed E-state index contributed by atoms with van der Waals surface area (Å²) in [4.78, 5) is 16.3. The number of aromatic carboxylic acids is 1. The molecule has 0 bridgehead atoms. The van der Waals surface area contributed by atoms with Crippen LogP contribution in [0.25, 0.3) is 10.6 Å². The molecular formula is C12H11NO3S. The van der Waals surface area contributed by atoms with Gasteiger partial charge in [-0.2, -0.15) is 0 Å². The molecule has 0 saturated carbocycles. The van der Waals surface area contributed by atoms with Gasteiger partial charge in [-0.1, -0.05) is 0 Å². The Morgan fingerprint density at radius 2 is 2.29 bits per heavy atom. The highest BCUT2D eigenvalue weighted by molar-refractivity contribution is 7.13. The highest BCUT2D eigenvalue weighted by Gasteiger charge is 2.14. The Bertz CT molecular complexity index is 563. The fourth-order valence-corrected chi connectivity index (χ4v) is 2.43. The first-order valence-corrected chi connectivity index (χ1v) is 5.83. The van der Waals surface area contributed by atoms with Gasteiger partial charge in [0.15, 0.2) is 5.75 Å². The fourth-order valence-electron chi connectivity index (χ4n) is 1.53. The van der Waals surface area contributed by atoms with E-state index in [2.05, 4.69) is 4.98 Å². The maximum atomic E-state index is 11.1. The minimum atomic E-state index is -1.01. The first-order valence-electron chi connectivity index (χ1n) is 4.95. The molecular weight excluding hydrogens is 238 g/mol. The smallest absolute Gasteiger partial charge is 0.339 e. The lowest BCUT2D eigenvalue weighted by atomic mass is 10.1. The molecule has 2 heterocycles. The van der Waals surface area contributed by atoms with Crippen LogP contribution in [-0.4, -0.2) is 23.2 Å². The molecule has 4 nitrogen and oxygen atoms in total. The number of aryl methyl sites for hydroxylation is 1. The minimum absolute atomic E-state index is 0.130. The van der Waals surface area contributed by atoms with Crippen LogP contribution < -0.4 is 4.74 Å². The second-order valence-electron chi connectivity index (χ2n) is 3.51. The van der Waals surface area contributed by atoms with Crippen molar-refractivity contribution in [1.82, 2.24) is 4.98 Å². The van der Waals surface area contributed by atoms with Crippen molar-refractivity contribution in [2.45, 2.75) is 6.92 Å². The Kier molecular flexibility index (Phi) is 3.10. The monoisotopic (exact) mass is 249 g/mol. The molecule has 88 valence electrons. The second kappa shape index (κ2) is 4.55. The van der Waals surface area contributed by atoms with Crippen molar-refractivity contribution in [3.8, 4) is 16.3 Å². The van der Waals surface area contributed by atoms with Crippen molar-refractivity contribution < 1.29 is 14.6 Å². The molecule has 0 radical (unpaired) electrons. The van der Waals surface area contributed by atoms with Crippen LogP contribution in [0.4, 0.5) is 0 Å². The standard InChI is InChI=1S/C12H11NO3S/c1-7-3-4-17-11(7)9-5-8(12(14)15)10(16-2)6-13-9/h3-6H,1-2H3,(H,14,15). The Morgan fingerprint density at radius 1 is 1.53 bits per heavy atom. The summed E-state index contributed by atoms with van der Waals surface area (Å²) in [6, 6.07) is 3.52. The summed E-state index contributed by atoms with van der Waals surface area (Å²) in [5.41, 5.74) is 1.88. The second-order valence-corrected chi connectivity index (χ2v) is 4.42. The molecule has 0 aliphatic carbocycles. The SMILES string of the molecule is COc1cnc(-c2sccc2C)cc1C(=O)O. The van der Waals surface area contributed by atoms with Crippen molar-refractivity contribution in [1.29, 1.82) is 0 Å². The summed E-state index contributed by atoms with van der Waals surface area (Å²) < 4.78 is 4.97. The molecule has 0 atom stereocenters. The number of nitrogens with zero attached hydrogens (tertiary/aromatic N) is 1. The summed E-state index contributed by atoms with van der Waals surface area (Å²) in [7, 11) is 1.43. The van der Waals surface area contributed by atoms with Crippen LogP contribution in [0.2, 0.25) is 0 Å². The van der Waals surface area contributed by atoms with Crippen LogP contribution in [0.15, 0.2) is 23.7 Å². The molecule has 0 unspecified atom stereocenters. The number of thiophene rings is 1. The Hall–Kier alpha value is -1.88. The van der Waals surface area contributed by atoms with Crippen LogP contribution in [-0.2, 0) is 0 Å². The highest BCUT2D eigenvalue weighted by atomic mass is 32.1. The number of pyridine rings is 1. The average molecular weight is 249 g/mol. The number of hydrogen-bond donors (Lipinski definition) is 1. The number of aromatic nitrogens is 1. The van der Waals surface area contributed by atoms with E-state index >= 15 is 0 Å². The maximum absolute atomic E-state index is 11.1. The topological polar surface area (TPSA) is 59.4 Å². The number of carboxylic acid groups (broad SMARTS) is 1. The molecule has 0 spiro atoms. The summed E-state index contributed by atoms with van der Waals surface area (Å²) in [5, 5.41) is 11.0. The first kappa shape index (κ1) is 11.6. The van der Waals surface area contributed by atoms with Gasteiger partial charge < -0.3 is 9.84 Å². The predicted octanol–water partition coefficient (Wildman–Crippen LogP) is 2.83. The predicted molar refractivity (Wildman–Crippen MR) is 65.8 cm³/mol. The number of hydrogen-bond acceptors (Lipinski definition) is 4. The van der Waals surface area contributed by atoms with Crippen LogP contribution in [0.1, 0.15) is 15.9 Å². The Balaban J connectivity index is 2.55. The van der Waals surface area contributed by atoms with Gasteiger partial charge in [0.2, 0.25) is 0 Å². The molecule has 17 heavy (non-hydrogen) atoms. The number of ether oxygens (including phenoxy) is 1. The van der Waals surface area contributed by atoms with Crippen LogP contribution in [0.3, 0.4) is 0 Å². The number of rotatable bonds is 3. The first-order chi connectivity index (χ1) is 8.13. The molecule has 0 aliphatic rings. The van der Waals surface area contributed by atoms with Gasteiger partial charge in [0.25, 0.3) is 0 Å². The van der Waals surface area contributed by atoms with Gasteiger partial charge in [-0.3, -0.25) is 4.98 Å². The van der Waals surface area contributed by atoms with Crippen LogP contribution in [0, 0.1) is 6.92 Å². The van der Waals surface area contributed by atoms with Crippen molar-refractivity contribution in [3.05, 3.63) is 34.8 Å². The number of carboxylic acids is 1. The van der Waals surface area contributed by atoms with Gasteiger partial charge in [-0.05, 0) is 30.0 Å². The molecule has 2 aromatic rings. The molecule has 0 amide bonds. The third kappa shape index (κ3) is 2.14. The molecule has 0 fully saturated rings. The van der Waals surface area contributed by atoms with Gasteiger partial charge in [0, 0.05) is 0 Å². The number of carbonyl (C=O) groups is 1. The van der Waals surface area contributed by atoms with Gasteiger partial charge in [0.05, 0.1) is 23.9 Å². The minimum Gasteiger partial charge on any atom is -0.494 e. The van der Waals surface area contributed by atoms with E-state index in [-0.39, 0.29) is 11.3 Å². The van der Waals surface area contributed by atoms with Gasteiger partial charge in [-0.25, -0.2) is 4.79 Å². The molecule has 5 heteroatoms. The van der Waals surface area contributed by atoms with Crippen LogP contribution >= 0.6 is 11.3 Å². The van der Waals surface area contributed by atoms with E-state index in [1.165, 1.54) is 13.3 Å². The molecule has 1 N–H and O–H groups in total. The summed E-state index contributed by atoms with van der Waals surface area (Å²) in [5.74, 6) is -0.741. The van der Waals surface area contributed by atoms with E-state index in [9.17, 15) is 4.79 Å². The zero-order valence-corrected chi connectivity index (χ0v) is 10.2. The van der Waals surface area contributed by atoms with E-state index in [4.69, 9.17) is 9.84 Å². The van der Waals surface area contributed by atoms with E-state index in [0.717, 1.165) is 10.4 Å². The van der Waals surface area contributed by atoms with Gasteiger partial charge in [-0.15, -0.1) is 11.3 Å². The van der Waals surface area contributed by atoms with Gasteiger partial charge in [0.1, 0.15) is 5.56 Å². The summed E-state index contributed by atoms with van der Waals surface area (Å²) >= 11 is 1.54. The van der Waals surface area contributed by atoms with Crippen molar-refractivity contribution >= 4 is 17.3 Å². The van der Waals surface area contributed by atoms with Crippen molar-refractivity contribution in [3.63, 3.8) is 0 Å². The lowest BCUT2D eigenvalue weighted by Crippen LogP contribution is -2.01. The average Bonchev–Trinajstić information content (AvgIpc) is 2.74. The zero-order valence-electron chi connectivity index (χ0n) is 9.43. The third-order valence-electron chi connectivity index (χ3n) is 2.41. The van der Waals surface area contributed by atoms with E-state index in [0.29, 0.717) is 5.69 Å². The zero-order chi connectivity index (χ0) is 12.4. The third-order valence-corrected chi connectivity index (χ3v) is 3.45. The lowest BCUT2D eigenvalue weighted by Gasteiger charge is -2.06. The van der Waals surface area contributed by atoms with E-state index in [1.54, 1.807) is 17.4 Å². The summed E-state index contributed by atoms with van der Waals surface area (Å²) in [6.45, 7) is 1.97. The molecule has 2 aromatic heterocycles. The highest BCUT2D eigenvalue weighted by Crippen LogP contribution is 2.30.